The molecule has 0 atom stereocenters. The molecule has 5 nitrogen and oxygen atoms in total. The zero-order valence-corrected chi connectivity index (χ0v) is 35.3. The standard InChI is InChI=1S/C59H39N5/c1-59(2)45-22-10-6-18-39(45)43-34-37(28-30-46(43)59)62-50-26-14-8-20-41(50)55-53(62)32-33-54-56(55)42-21-9-15-27-51(42)63(54)38-29-31-52-44(35-38)40-19-7-13-25-49(40)64(52)58-57(36-16-4-3-5-17-36)60-47-23-11-12-24-48(47)61-58/h3-35H,1-2H3. The van der Waals surface area contributed by atoms with Crippen molar-refractivity contribution in [2.45, 2.75) is 19.3 Å². The first-order chi connectivity index (χ1) is 31.5. The lowest BCUT2D eigenvalue weighted by Crippen LogP contribution is -2.14. The minimum atomic E-state index is -0.0488. The third-order valence-electron chi connectivity index (χ3n) is 14.0. The van der Waals surface area contributed by atoms with Crippen molar-refractivity contribution in [3.05, 3.63) is 211 Å². The third-order valence-corrected chi connectivity index (χ3v) is 14.0. The Morgan fingerprint density at radius 1 is 0.359 bits per heavy atom. The molecule has 13 aromatic rings. The van der Waals surface area contributed by atoms with Gasteiger partial charge in [0, 0.05) is 54.7 Å². The number of nitrogens with zero attached hydrogens (tertiary/aromatic N) is 5. The van der Waals surface area contributed by atoms with Gasteiger partial charge in [-0.15, -0.1) is 0 Å². The predicted octanol–water partition coefficient (Wildman–Crippen LogP) is 14.9. The lowest BCUT2D eigenvalue weighted by molar-refractivity contribution is 0.660. The Morgan fingerprint density at radius 3 is 1.56 bits per heavy atom. The highest BCUT2D eigenvalue weighted by Crippen LogP contribution is 2.50. The molecule has 9 aromatic carbocycles. The fourth-order valence-electron chi connectivity index (χ4n) is 11.2. The van der Waals surface area contributed by atoms with Gasteiger partial charge >= 0.3 is 0 Å². The zero-order chi connectivity index (χ0) is 42.3. The first kappa shape index (κ1) is 35.3. The van der Waals surface area contributed by atoms with E-state index in [0.29, 0.717) is 0 Å². The Morgan fingerprint density at radius 2 is 0.859 bits per heavy atom. The summed E-state index contributed by atoms with van der Waals surface area (Å²) >= 11 is 0. The van der Waals surface area contributed by atoms with Crippen LogP contribution >= 0.6 is 0 Å². The van der Waals surface area contributed by atoms with Gasteiger partial charge in [0.05, 0.1) is 44.1 Å². The molecule has 1 aliphatic rings. The van der Waals surface area contributed by atoms with E-state index >= 15 is 0 Å². The highest BCUT2D eigenvalue weighted by molar-refractivity contribution is 6.29. The normalized spacial score (nSPS) is 13.3. The fourth-order valence-corrected chi connectivity index (χ4v) is 11.2. The summed E-state index contributed by atoms with van der Waals surface area (Å²) < 4.78 is 7.24. The molecule has 0 unspecified atom stereocenters. The lowest BCUT2D eigenvalue weighted by atomic mass is 9.82. The highest BCUT2D eigenvalue weighted by atomic mass is 15.1. The minimum Gasteiger partial charge on any atom is -0.309 e. The van der Waals surface area contributed by atoms with E-state index in [2.05, 4.69) is 203 Å². The number of para-hydroxylation sites is 5. The van der Waals surface area contributed by atoms with Gasteiger partial charge in [-0.05, 0) is 95.1 Å². The van der Waals surface area contributed by atoms with Gasteiger partial charge < -0.3 is 9.13 Å². The summed E-state index contributed by atoms with van der Waals surface area (Å²) in [6, 6.07) is 72.7. The Hall–Kier alpha value is -8.28. The van der Waals surface area contributed by atoms with Crippen molar-refractivity contribution >= 4 is 76.5 Å². The van der Waals surface area contributed by atoms with Gasteiger partial charge in [-0.25, -0.2) is 9.97 Å². The Balaban J connectivity index is 1.01. The second kappa shape index (κ2) is 12.9. The summed E-state index contributed by atoms with van der Waals surface area (Å²) in [5.74, 6) is 0.816. The molecule has 64 heavy (non-hydrogen) atoms. The average Bonchev–Trinajstić information content (AvgIpc) is 4.04. The summed E-state index contributed by atoms with van der Waals surface area (Å²) in [6.45, 7) is 4.70. The van der Waals surface area contributed by atoms with Gasteiger partial charge in [-0.3, -0.25) is 4.57 Å². The van der Waals surface area contributed by atoms with Crippen molar-refractivity contribution in [2.24, 2.45) is 0 Å². The maximum atomic E-state index is 5.35. The first-order valence-electron chi connectivity index (χ1n) is 22.1. The Bertz CT molecular complexity index is 4110. The van der Waals surface area contributed by atoms with Crippen molar-refractivity contribution < 1.29 is 0 Å². The van der Waals surface area contributed by atoms with Crippen LogP contribution in [0, 0.1) is 0 Å². The SMILES string of the molecule is CC1(C)c2ccccc2-c2cc(-n3c4ccccc4c4c5c6ccccc6n(-c6ccc7c(c6)c6ccccc6n7-c6nc7ccccc7nc6-c6ccccc6)c5ccc43)ccc21. The molecule has 0 bridgehead atoms. The second-order valence-corrected chi connectivity index (χ2v) is 17.8. The predicted molar refractivity (Wildman–Crippen MR) is 266 cm³/mol. The molecular formula is C59H39N5. The van der Waals surface area contributed by atoms with E-state index in [9.17, 15) is 0 Å². The summed E-state index contributed by atoms with van der Waals surface area (Å²) in [7, 11) is 0. The van der Waals surface area contributed by atoms with Crippen LogP contribution in [0.3, 0.4) is 0 Å². The van der Waals surface area contributed by atoms with Crippen molar-refractivity contribution in [1.82, 2.24) is 23.7 Å². The van der Waals surface area contributed by atoms with Crippen molar-refractivity contribution in [3.8, 4) is 39.6 Å². The molecule has 0 saturated heterocycles. The molecular weight excluding hydrogens is 779 g/mol. The second-order valence-electron chi connectivity index (χ2n) is 17.8. The fraction of sp³-hybridized carbons (Fsp3) is 0.0508. The number of hydrogen-bond acceptors (Lipinski definition) is 2. The Labute approximate surface area is 368 Å². The molecule has 4 heterocycles. The minimum absolute atomic E-state index is 0.0488. The summed E-state index contributed by atoms with van der Waals surface area (Å²) in [5, 5.41) is 7.34. The van der Waals surface area contributed by atoms with E-state index in [-0.39, 0.29) is 5.41 Å². The molecule has 0 radical (unpaired) electrons. The van der Waals surface area contributed by atoms with E-state index in [1.807, 2.05) is 24.3 Å². The topological polar surface area (TPSA) is 40.6 Å². The van der Waals surface area contributed by atoms with Gasteiger partial charge in [-0.2, -0.15) is 0 Å². The van der Waals surface area contributed by atoms with E-state index in [1.54, 1.807) is 0 Å². The number of benzene rings is 9. The quantitative estimate of drug-likeness (QED) is 0.177. The first-order valence-corrected chi connectivity index (χ1v) is 22.1. The van der Waals surface area contributed by atoms with Crippen LogP contribution in [0.2, 0.25) is 0 Å². The highest BCUT2D eigenvalue weighted by Gasteiger charge is 2.35. The van der Waals surface area contributed by atoms with Crippen LogP contribution < -0.4 is 0 Å². The van der Waals surface area contributed by atoms with Crippen LogP contribution in [-0.4, -0.2) is 23.7 Å². The van der Waals surface area contributed by atoms with Crippen molar-refractivity contribution in [1.29, 1.82) is 0 Å². The van der Waals surface area contributed by atoms with Crippen molar-refractivity contribution in [2.75, 3.05) is 0 Å². The largest absolute Gasteiger partial charge is 0.309 e. The zero-order valence-electron chi connectivity index (χ0n) is 35.3. The van der Waals surface area contributed by atoms with Crippen LogP contribution in [-0.2, 0) is 5.41 Å². The van der Waals surface area contributed by atoms with Crippen molar-refractivity contribution in [3.63, 3.8) is 0 Å². The van der Waals surface area contributed by atoms with Crippen LogP contribution in [0.5, 0.6) is 0 Å². The summed E-state index contributed by atoms with van der Waals surface area (Å²) in [5.41, 5.74) is 18.2. The molecule has 5 heteroatoms. The van der Waals surface area contributed by atoms with Crippen LogP contribution in [0.25, 0.3) is 116 Å². The number of hydrogen-bond donors (Lipinski definition) is 0. The van der Waals surface area contributed by atoms with Gasteiger partial charge in [0.2, 0.25) is 0 Å². The van der Waals surface area contributed by atoms with E-state index in [1.165, 1.54) is 76.9 Å². The smallest absolute Gasteiger partial charge is 0.165 e. The molecule has 0 amide bonds. The van der Waals surface area contributed by atoms with Crippen LogP contribution in [0.1, 0.15) is 25.0 Å². The van der Waals surface area contributed by atoms with Crippen LogP contribution in [0.4, 0.5) is 0 Å². The molecule has 0 spiro atoms. The molecule has 1 aliphatic carbocycles. The molecule has 0 fully saturated rings. The van der Waals surface area contributed by atoms with E-state index in [4.69, 9.17) is 9.97 Å². The van der Waals surface area contributed by atoms with Gasteiger partial charge in [0.1, 0.15) is 5.69 Å². The third kappa shape index (κ3) is 4.73. The molecule has 14 rings (SSSR count). The molecule has 4 aromatic heterocycles. The number of aromatic nitrogens is 5. The van der Waals surface area contributed by atoms with Gasteiger partial charge in [-0.1, -0.05) is 141 Å². The van der Waals surface area contributed by atoms with E-state index < -0.39 is 0 Å². The monoisotopic (exact) mass is 817 g/mol. The number of fused-ring (bicyclic) bond motifs is 14. The average molecular weight is 818 g/mol. The summed E-state index contributed by atoms with van der Waals surface area (Å²) in [4.78, 5) is 10.6. The maximum Gasteiger partial charge on any atom is 0.165 e. The molecule has 300 valence electrons. The molecule has 0 saturated carbocycles. The van der Waals surface area contributed by atoms with E-state index in [0.717, 1.165) is 50.2 Å². The molecule has 0 aliphatic heterocycles. The van der Waals surface area contributed by atoms with Gasteiger partial charge in [0.15, 0.2) is 5.82 Å². The lowest BCUT2D eigenvalue weighted by Gasteiger charge is -2.21. The van der Waals surface area contributed by atoms with Gasteiger partial charge in [0.25, 0.3) is 0 Å². The Kier molecular flexibility index (Phi) is 7.11. The number of rotatable bonds is 4. The van der Waals surface area contributed by atoms with Crippen LogP contribution in [0.15, 0.2) is 200 Å². The maximum absolute atomic E-state index is 5.35. The summed E-state index contributed by atoms with van der Waals surface area (Å²) in [6.07, 6.45) is 0. The molecule has 0 N–H and O–H groups in total.